The molecule has 0 amide bonds. The van der Waals surface area contributed by atoms with Crippen LogP contribution in [0.2, 0.25) is 157 Å². The van der Waals surface area contributed by atoms with Crippen molar-refractivity contribution in [1.82, 2.24) is 0 Å². The van der Waals surface area contributed by atoms with Crippen LogP contribution < -0.4 is 0 Å². The second-order valence-electron chi connectivity index (χ2n) is 23.2. The number of hydrogen-bond donors (Lipinski definition) is 0. The SMILES string of the molecule is C[Si](C)(C)OC[C@H]1OC(O[Si](C)(C)C)[C@H](O[Si](C)(C)C)[C@H](O[Si](C)(C)C)[C@H]1O[C@@H]1O[C@H](CO[Si](C)(C)C)[C@@H](O[Si](C)(C)C)[C@H](O[Si](C)(C)C)[C@H]1O[Si](C)(C)C. The average molecular weight is 920 g/mol. The zero-order valence-electron chi connectivity index (χ0n) is 39.7. The molecule has 0 spiro atoms. The molecule has 11 nitrogen and oxygen atoms in total. The average Bonchev–Trinajstić information content (AvgIpc) is 2.88. The maximum Gasteiger partial charge on any atom is 0.187 e. The third-order valence-electron chi connectivity index (χ3n) is 7.75. The minimum atomic E-state index is -2.23. The predicted octanol–water partition coefficient (Wildman–Crippen LogP) is 9.48. The van der Waals surface area contributed by atoms with Crippen molar-refractivity contribution >= 4 is 66.5 Å². The quantitative estimate of drug-likeness (QED) is 0.109. The van der Waals surface area contributed by atoms with Gasteiger partial charge in [0, 0.05) is 0 Å². The standard InChI is InChI=1S/C36H86O11Si8/c1-48(2,3)37-25-27-29(31(43-51(10,11)12)34(46-54(19,20)21)36(40-27)47-55(22,23)24)41-35-33(45-53(16,17)18)32(44-52(13,14)15)30(42-50(7,8)9)28(39-35)26-38-49(4,5)6/h27-36H,25-26H2,1-24H3/t27-,28-,29+,30-,31-,32+,33-,34-,35+,36?/m1/s1. The van der Waals surface area contributed by atoms with E-state index in [2.05, 4.69) is 157 Å². The van der Waals surface area contributed by atoms with Crippen molar-refractivity contribution < 1.29 is 49.6 Å². The first-order chi connectivity index (χ1) is 24.2. The summed E-state index contributed by atoms with van der Waals surface area (Å²) in [5.74, 6) is 0. The molecule has 19 heteroatoms. The number of ether oxygens (including phenoxy) is 3. The van der Waals surface area contributed by atoms with Gasteiger partial charge in [0.1, 0.15) is 48.8 Å². The van der Waals surface area contributed by atoms with Crippen LogP contribution >= 0.6 is 0 Å². The fourth-order valence-electron chi connectivity index (χ4n) is 6.26. The lowest BCUT2D eigenvalue weighted by Crippen LogP contribution is -2.70. The van der Waals surface area contributed by atoms with Crippen molar-refractivity contribution in [2.75, 3.05) is 13.2 Å². The Balaban J connectivity index is 2.93. The lowest BCUT2D eigenvalue weighted by Gasteiger charge is -2.54. The first-order valence-electron chi connectivity index (χ1n) is 20.5. The minimum absolute atomic E-state index is 0.321. The Labute approximate surface area is 346 Å². The summed E-state index contributed by atoms with van der Waals surface area (Å²) in [6.07, 6.45) is -5.61. The monoisotopic (exact) mass is 918 g/mol. The Morgan fingerprint density at radius 1 is 0.291 bits per heavy atom. The summed E-state index contributed by atoms with van der Waals surface area (Å²) in [5, 5.41) is 0. The van der Waals surface area contributed by atoms with E-state index in [0.717, 1.165) is 0 Å². The summed E-state index contributed by atoms with van der Waals surface area (Å²) < 4.78 is 77.4. The summed E-state index contributed by atoms with van der Waals surface area (Å²) in [4.78, 5) is 0. The van der Waals surface area contributed by atoms with E-state index in [1.807, 2.05) is 0 Å². The lowest BCUT2D eigenvalue weighted by molar-refractivity contribution is -0.344. The molecule has 2 rings (SSSR count). The highest BCUT2D eigenvalue weighted by atomic mass is 28.4. The molecule has 0 bridgehead atoms. The molecule has 2 aliphatic rings. The van der Waals surface area contributed by atoms with E-state index in [-0.39, 0.29) is 0 Å². The van der Waals surface area contributed by atoms with Crippen LogP contribution in [0.1, 0.15) is 0 Å². The summed E-state index contributed by atoms with van der Waals surface area (Å²) >= 11 is 0. The highest BCUT2D eigenvalue weighted by Crippen LogP contribution is 2.39. The lowest BCUT2D eigenvalue weighted by atomic mass is 9.97. The van der Waals surface area contributed by atoms with Gasteiger partial charge in [0.05, 0.1) is 13.2 Å². The van der Waals surface area contributed by atoms with Crippen molar-refractivity contribution in [3.63, 3.8) is 0 Å². The van der Waals surface area contributed by atoms with E-state index >= 15 is 0 Å². The van der Waals surface area contributed by atoms with Gasteiger partial charge in [-0.05, 0) is 157 Å². The van der Waals surface area contributed by atoms with Crippen molar-refractivity contribution in [2.45, 2.75) is 219 Å². The minimum Gasteiger partial charge on any atom is -0.415 e. The van der Waals surface area contributed by atoms with Gasteiger partial charge in [-0.3, -0.25) is 0 Å². The fourth-order valence-corrected chi connectivity index (χ4v) is 13.9. The maximum absolute atomic E-state index is 7.46. The molecule has 10 atom stereocenters. The molecule has 0 aromatic heterocycles. The Morgan fingerprint density at radius 3 is 0.909 bits per heavy atom. The summed E-state index contributed by atoms with van der Waals surface area (Å²) in [6, 6.07) is 0. The molecule has 1 unspecified atom stereocenters. The van der Waals surface area contributed by atoms with E-state index in [1.54, 1.807) is 0 Å². The molecule has 55 heavy (non-hydrogen) atoms. The van der Waals surface area contributed by atoms with Crippen LogP contribution in [0.15, 0.2) is 0 Å². The summed E-state index contributed by atoms with van der Waals surface area (Å²) in [6.45, 7) is 53.5. The molecular formula is C36H86O11Si8. The third-order valence-corrected chi connectivity index (χ3v) is 15.7. The second-order valence-corrected chi connectivity index (χ2v) is 59.0. The van der Waals surface area contributed by atoms with E-state index in [0.29, 0.717) is 13.2 Å². The molecule has 328 valence electrons. The Bertz CT molecular complexity index is 1180. The largest absolute Gasteiger partial charge is 0.415 e. The zero-order chi connectivity index (χ0) is 43.0. The van der Waals surface area contributed by atoms with Crippen molar-refractivity contribution in [3.8, 4) is 0 Å². The maximum atomic E-state index is 7.46. The van der Waals surface area contributed by atoms with Crippen LogP contribution in [0.5, 0.6) is 0 Å². The van der Waals surface area contributed by atoms with Crippen molar-refractivity contribution in [2.24, 2.45) is 0 Å². The molecule has 0 aliphatic carbocycles. The highest BCUT2D eigenvalue weighted by molar-refractivity contribution is 6.72. The molecule has 0 saturated carbocycles. The van der Waals surface area contributed by atoms with Gasteiger partial charge in [-0.25, -0.2) is 0 Å². The van der Waals surface area contributed by atoms with Crippen LogP contribution in [0, 0.1) is 0 Å². The Kier molecular flexibility index (Phi) is 18.2. The first kappa shape index (κ1) is 52.4. The molecule has 0 aromatic carbocycles. The van der Waals surface area contributed by atoms with Crippen LogP contribution in [-0.4, -0.2) is 141 Å². The molecule has 0 N–H and O–H groups in total. The fraction of sp³-hybridized carbons (Fsp3) is 1.00. The molecule has 2 saturated heterocycles. The van der Waals surface area contributed by atoms with Crippen molar-refractivity contribution in [1.29, 1.82) is 0 Å². The first-order valence-corrected chi connectivity index (χ1v) is 47.8. The van der Waals surface area contributed by atoms with Gasteiger partial charge in [-0.1, -0.05) is 0 Å². The van der Waals surface area contributed by atoms with Crippen molar-refractivity contribution in [3.05, 3.63) is 0 Å². The topological polar surface area (TPSA) is 102 Å². The van der Waals surface area contributed by atoms with Gasteiger partial charge in [0.25, 0.3) is 0 Å². The van der Waals surface area contributed by atoms with Crippen LogP contribution in [0.4, 0.5) is 0 Å². The molecule has 2 heterocycles. The van der Waals surface area contributed by atoms with Crippen LogP contribution in [0.25, 0.3) is 0 Å². The van der Waals surface area contributed by atoms with Crippen LogP contribution in [-0.2, 0) is 49.6 Å². The van der Waals surface area contributed by atoms with E-state index in [4.69, 9.17) is 49.6 Å². The predicted molar refractivity (Wildman–Crippen MR) is 246 cm³/mol. The molecule has 0 aromatic rings. The van der Waals surface area contributed by atoms with Gasteiger partial charge in [0.15, 0.2) is 79.1 Å². The van der Waals surface area contributed by atoms with Gasteiger partial charge in [-0.15, -0.1) is 0 Å². The highest BCUT2D eigenvalue weighted by Gasteiger charge is 2.57. The number of rotatable bonds is 20. The third kappa shape index (κ3) is 20.6. The van der Waals surface area contributed by atoms with E-state index in [9.17, 15) is 0 Å². The summed E-state index contributed by atoms with van der Waals surface area (Å²) in [5.41, 5.74) is 0. The molecule has 2 aliphatic heterocycles. The zero-order valence-corrected chi connectivity index (χ0v) is 47.7. The summed E-state index contributed by atoms with van der Waals surface area (Å²) in [7, 11) is -17.0. The second kappa shape index (κ2) is 19.1. The van der Waals surface area contributed by atoms with Gasteiger partial charge in [-0.2, -0.15) is 0 Å². The smallest absolute Gasteiger partial charge is 0.187 e. The normalized spacial score (nSPS) is 31.2. The molecule has 0 radical (unpaired) electrons. The molecule has 2 fully saturated rings. The van der Waals surface area contributed by atoms with Gasteiger partial charge < -0.3 is 49.6 Å². The van der Waals surface area contributed by atoms with E-state index < -0.39 is 128 Å². The van der Waals surface area contributed by atoms with E-state index in [1.165, 1.54) is 0 Å². The van der Waals surface area contributed by atoms with Gasteiger partial charge in [0.2, 0.25) is 0 Å². The molecular weight excluding hydrogens is 833 g/mol. The number of hydrogen-bond acceptors (Lipinski definition) is 11. The Hall–Kier alpha value is 1.30. The Morgan fingerprint density at radius 2 is 0.564 bits per heavy atom. The van der Waals surface area contributed by atoms with Gasteiger partial charge >= 0.3 is 0 Å². The van der Waals surface area contributed by atoms with Crippen LogP contribution in [0.3, 0.4) is 0 Å².